The first kappa shape index (κ1) is 17.7. The molecule has 0 fully saturated rings. The summed E-state index contributed by atoms with van der Waals surface area (Å²) >= 11 is 6.26. The number of benzene rings is 1. The van der Waals surface area contributed by atoms with Gasteiger partial charge in [0.05, 0.1) is 11.6 Å². The second-order valence-electron chi connectivity index (χ2n) is 5.97. The highest BCUT2D eigenvalue weighted by atomic mass is 35.5. The van der Waals surface area contributed by atoms with Crippen molar-refractivity contribution in [2.75, 3.05) is 19.8 Å². The van der Waals surface area contributed by atoms with Crippen LogP contribution in [0.4, 0.5) is 0 Å². The molecule has 0 aliphatic carbocycles. The third-order valence-corrected chi connectivity index (χ3v) is 4.07. The lowest BCUT2D eigenvalue weighted by Gasteiger charge is -2.21. The summed E-state index contributed by atoms with van der Waals surface area (Å²) in [6.45, 7) is 11.0. The zero-order chi connectivity index (χ0) is 16.8. The first-order valence-electron chi connectivity index (χ1n) is 8.14. The third kappa shape index (κ3) is 4.93. The molecule has 128 valence electrons. The molecular formula is C17H26ClN3O2. The first-order chi connectivity index (χ1) is 11.0. The van der Waals surface area contributed by atoms with Crippen LogP contribution in [-0.2, 0) is 6.54 Å². The van der Waals surface area contributed by atoms with Crippen molar-refractivity contribution in [1.82, 2.24) is 10.6 Å². The molecule has 1 aliphatic rings. The molecule has 0 bridgehead atoms. The molecule has 0 radical (unpaired) electrons. The standard InChI is InChI=1S/C17H26ClN3O2/c1-5-19-17(21-12(4)11(2)3)20-10-13-8-14(18)16-15(9-13)22-6-7-23-16/h8-9,11-12H,5-7,10H2,1-4H3,(H2,19,20,21). The Hall–Kier alpha value is -1.62. The average Bonchev–Trinajstić information content (AvgIpc) is 2.52. The van der Waals surface area contributed by atoms with E-state index in [1.54, 1.807) is 0 Å². The van der Waals surface area contributed by atoms with Gasteiger partial charge in [-0.3, -0.25) is 0 Å². The molecule has 0 saturated carbocycles. The van der Waals surface area contributed by atoms with Crippen LogP contribution in [0.5, 0.6) is 11.5 Å². The summed E-state index contributed by atoms with van der Waals surface area (Å²) in [6.07, 6.45) is 0. The van der Waals surface area contributed by atoms with Crippen LogP contribution in [0.25, 0.3) is 0 Å². The Bertz CT molecular complexity index is 561. The molecule has 2 rings (SSSR count). The first-order valence-corrected chi connectivity index (χ1v) is 8.52. The molecule has 0 spiro atoms. The van der Waals surface area contributed by atoms with Crippen LogP contribution >= 0.6 is 11.6 Å². The SMILES string of the molecule is CCNC(=NCc1cc(Cl)c2c(c1)OCCO2)NC(C)C(C)C. The summed E-state index contributed by atoms with van der Waals surface area (Å²) in [4.78, 5) is 4.64. The van der Waals surface area contributed by atoms with Crippen molar-refractivity contribution in [3.63, 3.8) is 0 Å². The predicted octanol–water partition coefficient (Wildman–Crippen LogP) is 3.21. The van der Waals surface area contributed by atoms with Crippen LogP contribution < -0.4 is 20.1 Å². The number of fused-ring (bicyclic) bond motifs is 1. The maximum absolute atomic E-state index is 6.26. The molecule has 1 aromatic rings. The predicted molar refractivity (Wildman–Crippen MR) is 94.7 cm³/mol. The summed E-state index contributed by atoms with van der Waals surface area (Å²) in [5, 5.41) is 7.25. The van der Waals surface area contributed by atoms with Gasteiger partial charge >= 0.3 is 0 Å². The number of aliphatic imine (C=N–C) groups is 1. The Morgan fingerprint density at radius 2 is 2.00 bits per heavy atom. The quantitative estimate of drug-likeness (QED) is 0.639. The Morgan fingerprint density at radius 1 is 1.26 bits per heavy atom. The maximum atomic E-state index is 6.26. The fourth-order valence-electron chi connectivity index (χ4n) is 2.13. The Morgan fingerprint density at radius 3 is 2.70 bits per heavy atom. The van der Waals surface area contributed by atoms with E-state index in [4.69, 9.17) is 21.1 Å². The van der Waals surface area contributed by atoms with Crippen molar-refractivity contribution in [3.8, 4) is 11.5 Å². The second kappa shape index (κ2) is 8.29. The topological polar surface area (TPSA) is 54.9 Å². The van der Waals surface area contributed by atoms with Gasteiger partial charge in [0.1, 0.15) is 13.2 Å². The van der Waals surface area contributed by atoms with Crippen molar-refractivity contribution in [2.45, 2.75) is 40.3 Å². The molecule has 0 aromatic heterocycles. The van der Waals surface area contributed by atoms with E-state index in [0.29, 0.717) is 48.2 Å². The molecule has 1 aliphatic heterocycles. The van der Waals surface area contributed by atoms with E-state index in [1.807, 2.05) is 12.1 Å². The minimum absolute atomic E-state index is 0.344. The fraction of sp³-hybridized carbons (Fsp3) is 0.588. The normalized spacial score (nSPS) is 15.5. The van der Waals surface area contributed by atoms with Crippen LogP contribution in [0.1, 0.15) is 33.3 Å². The number of guanidine groups is 1. The molecule has 1 aromatic carbocycles. The Labute approximate surface area is 143 Å². The van der Waals surface area contributed by atoms with E-state index in [1.165, 1.54) is 0 Å². The molecule has 0 amide bonds. The molecule has 1 atom stereocenters. The van der Waals surface area contributed by atoms with Crippen molar-refractivity contribution in [1.29, 1.82) is 0 Å². The van der Waals surface area contributed by atoms with E-state index in [9.17, 15) is 0 Å². The zero-order valence-electron chi connectivity index (χ0n) is 14.3. The number of nitrogens with zero attached hydrogens (tertiary/aromatic N) is 1. The van der Waals surface area contributed by atoms with Gasteiger partial charge in [0, 0.05) is 12.6 Å². The van der Waals surface area contributed by atoms with Gasteiger partial charge in [-0.05, 0) is 37.5 Å². The second-order valence-corrected chi connectivity index (χ2v) is 6.38. The number of hydrogen-bond donors (Lipinski definition) is 2. The number of nitrogens with one attached hydrogen (secondary N) is 2. The van der Waals surface area contributed by atoms with E-state index < -0.39 is 0 Å². The largest absolute Gasteiger partial charge is 0.486 e. The van der Waals surface area contributed by atoms with Gasteiger partial charge < -0.3 is 20.1 Å². The molecule has 2 N–H and O–H groups in total. The molecule has 0 saturated heterocycles. The lowest BCUT2D eigenvalue weighted by molar-refractivity contribution is 0.171. The molecule has 23 heavy (non-hydrogen) atoms. The Kier molecular flexibility index (Phi) is 6.39. The van der Waals surface area contributed by atoms with Crippen molar-refractivity contribution in [3.05, 3.63) is 22.7 Å². The zero-order valence-corrected chi connectivity index (χ0v) is 15.0. The summed E-state index contributed by atoms with van der Waals surface area (Å²) in [5.41, 5.74) is 0.994. The number of ether oxygens (including phenoxy) is 2. The van der Waals surface area contributed by atoms with Crippen molar-refractivity contribution in [2.24, 2.45) is 10.9 Å². The minimum Gasteiger partial charge on any atom is -0.486 e. The molecule has 6 heteroatoms. The molecule has 1 heterocycles. The van der Waals surface area contributed by atoms with Gasteiger partial charge in [-0.1, -0.05) is 25.4 Å². The van der Waals surface area contributed by atoms with E-state index in [-0.39, 0.29) is 0 Å². The van der Waals surface area contributed by atoms with E-state index >= 15 is 0 Å². The molecular weight excluding hydrogens is 314 g/mol. The monoisotopic (exact) mass is 339 g/mol. The summed E-state index contributed by atoms with van der Waals surface area (Å²) in [6, 6.07) is 4.17. The van der Waals surface area contributed by atoms with Crippen LogP contribution in [0.3, 0.4) is 0 Å². The summed E-state index contributed by atoms with van der Waals surface area (Å²) in [7, 11) is 0. The fourth-order valence-corrected chi connectivity index (χ4v) is 2.42. The highest BCUT2D eigenvalue weighted by Gasteiger charge is 2.16. The molecule has 5 nitrogen and oxygen atoms in total. The average molecular weight is 340 g/mol. The highest BCUT2D eigenvalue weighted by Crippen LogP contribution is 2.38. The van der Waals surface area contributed by atoms with Gasteiger partial charge in [0.15, 0.2) is 17.5 Å². The van der Waals surface area contributed by atoms with Crippen LogP contribution in [-0.4, -0.2) is 31.8 Å². The minimum atomic E-state index is 0.344. The molecule has 1 unspecified atom stereocenters. The summed E-state index contributed by atoms with van der Waals surface area (Å²) < 4.78 is 11.1. The van der Waals surface area contributed by atoms with Crippen LogP contribution in [0.2, 0.25) is 5.02 Å². The van der Waals surface area contributed by atoms with Gasteiger partial charge in [0.2, 0.25) is 0 Å². The number of halogens is 1. The lowest BCUT2D eigenvalue weighted by Crippen LogP contribution is -2.44. The number of hydrogen-bond acceptors (Lipinski definition) is 3. The third-order valence-electron chi connectivity index (χ3n) is 3.78. The smallest absolute Gasteiger partial charge is 0.191 e. The van der Waals surface area contributed by atoms with Gasteiger partial charge in [0.25, 0.3) is 0 Å². The maximum Gasteiger partial charge on any atom is 0.191 e. The lowest BCUT2D eigenvalue weighted by atomic mass is 10.1. The Balaban J connectivity index is 2.11. The number of rotatable bonds is 5. The highest BCUT2D eigenvalue weighted by molar-refractivity contribution is 6.32. The van der Waals surface area contributed by atoms with Crippen molar-refractivity contribution < 1.29 is 9.47 Å². The summed E-state index contributed by atoms with van der Waals surface area (Å²) in [5.74, 6) is 2.66. The van der Waals surface area contributed by atoms with E-state index in [0.717, 1.165) is 18.1 Å². The van der Waals surface area contributed by atoms with E-state index in [2.05, 4.69) is 43.3 Å². The van der Waals surface area contributed by atoms with Crippen molar-refractivity contribution >= 4 is 17.6 Å². The van der Waals surface area contributed by atoms with Gasteiger partial charge in [-0.2, -0.15) is 0 Å². The van der Waals surface area contributed by atoms with Crippen LogP contribution in [0, 0.1) is 5.92 Å². The van der Waals surface area contributed by atoms with Gasteiger partial charge in [-0.25, -0.2) is 4.99 Å². The van der Waals surface area contributed by atoms with Gasteiger partial charge in [-0.15, -0.1) is 0 Å². The van der Waals surface area contributed by atoms with Crippen LogP contribution in [0.15, 0.2) is 17.1 Å².